The van der Waals surface area contributed by atoms with Gasteiger partial charge in [-0.25, -0.2) is 18.3 Å². The number of carbonyl (C=O) groups excluding carboxylic acids is 1. The summed E-state index contributed by atoms with van der Waals surface area (Å²) in [6.45, 7) is 7.05. The topological polar surface area (TPSA) is 44.3 Å². The van der Waals surface area contributed by atoms with Crippen molar-refractivity contribution in [2.24, 2.45) is 24.8 Å². The predicted octanol–water partition coefficient (Wildman–Crippen LogP) is 5.19. The second-order valence-electron chi connectivity index (χ2n) is 9.62. The van der Waals surface area contributed by atoms with Crippen LogP contribution in [0.25, 0.3) is 11.0 Å². The predicted molar refractivity (Wildman–Crippen MR) is 125 cm³/mol. The van der Waals surface area contributed by atoms with Gasteiger partial charge in [0.1, 0.15) is 17.7 Å². The minimum atomic E-state index is -0.304. The minimum Gasteiger partial charge on any atom is -0.481 e. The van der Waals surface area contributed by atoms with E-state index in [1.54, 1.807) is 12.1 Å². The normalized spacial score (nSPS) is 20.8. The Morgan fingerprint density at radius 2 is 1.88 bits per heavy atom. The highest BCUT2D eigenvalue weighted by atomic mass is 19.1. The molecular weight excluding hydrogens is 419 g/mol. The van der Waals surface area contributed by atoms with Gasteiger partial charge in [-0.2, -0.15) is 0 Å². The highest BCUT2D eigenvalue weighted by molar-refractivity contribution is 5.76. The zero-order valence-corrected chi connectivity index (χ0v) is 20.0. The van der Waals surface area contributed by atoms with Gasteiger partial charge >= 0.3 is 5.97 Å². The van der Waals surface area contributed by atoms with Crippen molar-refractivity contribution < 1.29 is 23.2 Å². The number of aromatic nitrogens is 2. The lowest BCUT2D eigenvalue weighted by molar-refractivity contribution is -0.655. The van der Waals surface area contributed by atoms with Crippen molar-refractivity contribution in [3.8, 4) is 5.75 Å². The van der Waals surface area contributed by atoms with Crippen LogP contribution in [0.1, 0.15) is 45.9 Å². The van der Waals surface area contributed by atoms with E-state index in [9.17, 15) is 9.18 Å². The molecule has 1 saturated carbocycles. The van der Waals surface area contributed by atoms with Gasteiger partial charge in [-0.15, -0.1) is 0 Å². The lowest BCUT2D eigenvalue weighted by Gasteiger charge is -2.35. The van der Waals surface area contributed by atoms with Crippen LogP contribution in [-0.4, -0.2) is 16.6 Å². The van der Waals surface area contributed by atoms with Gasteiger partial charge in [0.15, 0.2) is 24.2 Å². The Morgan fingerprint density at radius 3 is 2.61 bits per heavy atom. The van der Waals surface area contributed by atoms with Gasteiger partial charge in [0.2, 0.25) is 0 Å². The Morgan fingerprint density at radius 1 is 1.15 bits per heavy atom. The Labute approximate surface area is 195 Å². The van der Waals surface area contributed by atoms with Gasteiger partial charge in [-0.1, -0.05) is 32.9 Å². The summed E-state index contributed by atoms with van der Waals surface area (Å²) in [6, 6.07) is 13.9. The van der Waals surface area contributed by atoms with E-state index in [0.29, 0.717) is 23.5 Å². The summed E-state index contributed by atoms with van der Waals surface area (Å²) in [5.41, 5.74) is 1.96. The molecule has 1 fully saturated rings. The highest BCUT2D eigenvalue weighted by Gasteiger charge is 2.33. The summed E-state index contributed by atoms with van der Waals surface area (Å²) in [5.74, 6) is 2.47. The van der Waals surface area contributed by atoms with Gasteiger partial charge in [0, 0.05) is 0 Å². The van der Waals surface area contributed by atoms with E-state index < -0.39 is 0 Å². The Hall–Kier alpha value is -2.89. The second-order valence-corrected chi connectivity index (χ2v) is 9.62. The number of aryl methyl sites for hydroxylation is 1. The largest absolute Gasteiger partial charge is 0.481 e. The van der Waals surface area contributed by atoms with Gasteiger partial charge in [-0.05, 0) is 73.4 Å². The third-order valence-electron chi connectivity index (χ3n) is 7.09. The number of fused-ring (bicyclic) bond motifs is 1. The van der Waals surface area contributed by atoms with Gasteiger partial charge in [0.05, 0.1) is 7.05 Å². The van der Waals surface area contributed by atoms with E-state index in [2.05, 4.69) is 20.8 Å². The van der Waals surface area contributed by atoms with E-state index in [-0.39, 0.29) is 31.0 Å². The third kappa shape index (κ3) is 5.21. The minimum absolute atomic E-state index is 0.0341. The van der Waals surface area contributed by atoms with Crippen LogP contribution in [-0.2, 0) is 29.7 Å². The average Bonchev–Trinajstić information content (AvgIpc) is 3.06. The number of nitrogens with zero attached hydrogens (tertiary/aromatic N) is 2. The van der Waals surface area contributed by atoms with E-state index in [0.717, 1.165) is 29.7 Å². The van der Waals surface area contributed by atoms with Crippen molar-refractivity contribution in [1.82, 2.24) is 4.57 Å². The van der Waals surface area contributed by atoms with Crippen LogP contribution >= 0.6 is 0 Å². The maximum Gasteiger partial charge on any atom is 0.348 e. The molecule has 0 radical (unpaired) electrons. The monoisotopic (exact) mass is 453 g/mol. The first-order valence-corrected chi connectivity index (χ1v) is 11.9. The number of ether oxygens (including phenoxy) is 2. The lowest BCUT2D eigenvalue weighted by Crippen LogP contribution is -2.36. The molecule has 1 aliphatic carbocycles. The number of imidazole rings is 1. The maximum atomic E-state index is 13.2. The first-order chi connectivity index (χ1) is 15.8. The Balaban J connectivity index is 1.54. The van der Waals surface area contributed by atoms with Crippen LogP contribution in [0.3, 0.4) is 0 Å². The van der Waals surface area contributed by atoms with Crippen molar-refractivity contribution in [1.29, 1.82) is 0 Å². The molecule has 4 rings (SSSR count). The number of hydrogen-bond donors (Lipinski definition) is 0. The zero-order chi connectivity index (χ0) is 23.5. The summed E-state index contributed by atoms with van der Waals surface area (Å²) < 4.78 is 29.2. The molecule has 1 aromatic heterocycles. The van der Waals surface area contributed by atoms with E-state index in [4.69, 9.17) is 9.47 Å². The highest BCUT2D eigenvalue weighted by Crippen LogP contribution is 2.35. The summed E-state index contributed by atoms with van der Waals surface area (Å²) in [7, 11) is 1.96. The molecule has 3 unspecified atom stereocenters. The Kier molecular flexibility index (Phi) is 7.01. The van der Waals surface area contributed by atoms with Crippen LogP contribution in [0.4, 0.5) is 4.39 Å². The molecule has 5 nitrogen and oxygen atoms in total. The average molecular weight is 454 g/mol. The van der Waals surface area contributed by atoms with E-state index in [1.807, 2.05) is 40.4 Å². The van der Waals surface area contributed by atoms with Gasteiger partial charge in [-0.3, -0.25) is 0 Å². The van der Waals surface area contributed by atoms with Crippen LogP contribution in [0.5, 0.6) is 5.75 Å². The molecule has 0 spiro atoms. The van der Waals surface area contributed by atoms with Crippen molar-refractivity contribution in [3.05, 3.63) is 60.2 Å². The van der Waals surface area contributed by atoms with Crippen molar-refractivity contribution >= 4 is 17.0 Å². The van der Waals surface area contributed by atoms with Crippen molar-refractivity contribution in [2.75, 3.05) is 0 Å². The van der Waals surface area contributed by atoms with Gasteiger partial charge < -0.3 is 9.47 Å². The number of halogens is 1. The second kappa shape index (κ2) is 9.94. The molecule has 0 amide bonds. The molecule has 176 valence electrons. The molecule has 33 heavy (non-hydrogen) atoms. The summed E-state index contributed by atoms with van der Waals surface area (Å²) >= 11 is 0. The number of para-hydroxylation sites is 2. The fraction of sp³-hybridized carbons (Fsp3) is 0.481. The molecule has 3 aromatic rings. The standard InChI is InChI=1S/C27H34FN2O3/c1-18(2)20-10-9-19(3)25(15-20)33-27(31)16-30-24-8-6-5-7-23(24)29(4)26(30)17-32-22-13-11-21(28)12-14-22/h5-8,11-14,18-20,25H,9-10,15-17H2,1-4H3/q+1. The molecule has 1 heterocycles. The Bertz CT molecular complexity index is 1110. The number of benzene rings is 2. The van der Waals surface area contributed by atoms with Crippen LogP contribution < -0.4 is 9.30 Å². The first-order valence-electron chi connectivity index (χ1n) is 11.9. The molecule has 0 N–H and O–H groups in total. The van der Waals surface area contributed by atoms with Crippen molar-refractivity contribution in [3.63, 3.8) is 0 Å². The lowest BCUT2D eigenvalue weighted by atomic mass is 9.76. The first kappa shape index (κ1) is 23.3. The fourth-order valence-electron chi connectivity index (χ4n) is 4.88. The number of esters is 1. The molecule has 0 saturated heterocycles. The molecule has 3 atom stereocenters. The zero-order valence-electron chi connectivity index (χ0n) is 20.0. The number of carbonyl (C=O) groups is 1. The summed E-state index contributed by atoms with van der Waals surface area (Å²) in [4.78, 5) is 13.1. The van der Waals surface area contributed by atoms with Crippen LogP contribution in [0, 0.1) is 23.6 Å². The molecular formula is C27H34FN2O3+. The van der Waals surface area contributed by atoms with Gasteiger partial charge in [0.25, 0.3) is 5.82 Å². The number of hydrogen-bond acceptors (Lipinski definition) is 3. The SMILES string of the molecule is CC(C)C1CCC(C)C(OC(=O)Cn2c(COc3ccc(F)cc3)[n+](C)c3ccccc32)C1. The molecule has 2 aromatic carbocycles. The smallest absolute Gasteiger partial charge is 0.348 e. The summed E-state index contributed by atoms with van der Waals surface area (Å²) in [5, 5.41) is 0. The maximum absolute atomic E-state index is 13.2. The van der Waals surface area contributed by atoms with Crippen LogP contribution in [0.15, 0.2) is 48.5 Å². The van der Waals surface area contributed by atoms with Crippen LogP contribution in [0.2, 0.25) is 0 Å². The quantitative estimate of drug-likeness (QED) is 0.365. The van der Waals surface area contributed by atoms with Crippen molar-refractivity contribution in [2.45, 2.75) is 59.3 Å². The molecule has 0 bridgehead atoms. The van der Waals surface area contributed by atoms with E-state index >= 15 is 0 Å². The summed E-state index contributed by atoms with van der Waals surface area (Å²) in [6.07, 6.45) is 3.20. The fourth-order valence-corrected chi connectivity index (χ4v) is 4.88. The number of rotatable bonds is 7. The molecule has 1 aliphatic rings. The third-order valence-corrected chi connectivity index (χ3v) is 7.09. The molecule has 6 heteroatoms. The molecule has 0 aliphatic heterocycles. The van der Waals surface area contributed by atoms with E-state index in [1.165, 1.54) is 18.6 Å².